The van der Waals surface area contributed by atoms with E-state index in [1.54, 1.807) is 7.05 Å². The highest BCUT2D eigenvalue weighted by atomic mass is 16.1. The molecule has 1 fully saturated rings. The molecular formula is C18H26N6O. The first kappa shape index (κ1) is 17.3. The predicted molar refractivity (Wildman–Crippen MR) is 101 cm³/mol. The van der Waals surface area contributed by atoms with Gasteiger partial charge in [0.1, 0.15) is 17.3 Å². The van der Waals surface area contributed by atoms with Gasteiger partial charge in [-0.05, 0) is 31.4 Å². The molecule has 0 atom stereocenters. The zero-order valence-electron chi connectivity index (χ0n) is 14.6. The number of hydrogen-bond donors (Lipinski definition) is 5. The molecule has 1 aliphatic heterocycles. The third-order valence-corrected chi connectivity index (χ3v) is 4.71. The van der Waals surface area contributed by atoms with Crippen molar-refractivity contribution in [3.8, 4) is 0 Å². The summed E-state index contributed by atoms with van der Waals surface area (Å²) in [6.07, 6.45) is 3.04. The Labute approximate surface area is 147 Å². The van der Waals surface area contributed by atoms with Gasteiger partial charge in [0.25, 0.3) is 0 Å². The number of rotatable bonds is 6. The molecule has 0 radical (unpaired) electrons. The van der Waals surface area contributed by atoms with Crippen molar-refractivity contribution in [1.82, 2.24) is 20.2 Å². The quantitative estimate of drug-likeness (QED) is 0.404. The third-order valence-electron chi connectivity index (χ3n) is 4.71. The van der Waals surface area contributed by atoms with Crippen LogP contribution in [0.3, 0.4) is 0 Å². The average Bonchev–Trinajstić information content (AvgIpc) is 3.03. The Morgan fingerprint density at radius 3 is 2.64 bits per heavy atom. The molecule has 1 aliphatic rings. The number of H-pyrrole nitrogens is 2. The van der Waals surface area contributed by atoms with Crippen molar-refractivity contribution in [2.45, 2.75) is 25.3 Å². The molecule has 1 aromatic carbocycles. The van der Waals surface area contributed by atoms with E-state index in [2.05, 4.69) is 44.9 Å². The minimum Gasteiger partial charge on any atom is -0.373 e. The van der Waals surface area contributed by atoms with Crippen LogP contribution in [0, 0.1) is 5.41 Å². The summed E-state index contributed by atoms with van der Waals surface area (Å²) in [7, 11) is 1.73. The minimum absolute atomic E-state index is 0.290. The van der Waals surface area contributed by atoms with Crippen LogP contribution >= 0.6 is 0 Å². The molecular weight excluding hydrogens is 316 g/mol. The Bertz CT molecular complexity index is 742. The fourth-order valence-electron chi connectivity index (χ4n) is 3.28. The minimum atomic E-state index is -0.290. The topological polar surface area (TPSA) is 99.8 Å². The first-order chi connectivity index (χ1) is 12.2. The summed E-state index contributed by atoms with van der Waals surface area (Å²) in [5, 5.41) is 14.9. The number of aromatic amines is 2. The highest BCUT2D eigenvalue weighted by molar-refractivity contribution is 5.98. The van der Waals surface area contributed by atoms with Gasteiger partial charge in [-0.15, -0.1) is 0 Å². The molecule has 1 saturated heterocycles. The van der Waals surface area contributed by atoms with Gasteiger partial charge in [-0.3, -0.25) is 10.4 Å². The van der Waals surface area contributed by atoms with Gasteiger partial charge < -0.3 is 20.5 Å². The fraction of sp³-hybridized carbons (Fsp3) is 0.444. The second kappa shape index (κ2) is 8.02. The van der Waals surface area contributed by atoms with E-state index in [-0.39, 0.29) is 5.69 Å². The van der Waals surface area contributed by atoms with Crippen molar-refractivity contribution in [3.63, 3.8) is 0 Å². The number of piperidine rings is 1. The normalized spacial score (nSPS) is 15.3. The summed E-state index contributed by atoms with van der Waals surface area (Å²) in [6.45, 7) is 2.61. The van der Waals surface area contributed by atoms with Crippen molar-refractivity contribution < 1.29 is 0 Å². The molecule has 134 valence electrons. The van der Waals surface area contributed by atoms with E-state index in [0.717, 1.165) is 38.9 Å². The van der Waals surface area contributed by atoms with Crippen molar-refractivity contribution in [3.05, 3.63) is 52.1 Å². The molecule has 7 nitrogen and oxygen atoms in total. The van der Waals surface area contributed by atoms with Gasteiger partial charge in [0, 0.05) is 26.2 Å². The molecule has 0 unspecified atom stereocenters. The number of nitrogens with one attached hydrogen (secondary N) is 5. The molecule has 1 aromatic heterocycles. The monoisotopic (exact) mass is 342 g/mol. The van der Waals surface area contributed by atoms with Gasteiger partial charge in [-0.1, -0.05) is 30.3 Å². The number of nitrogens with zero attached hydrogens (tertiary/aromatic N) is 1. The number of anilines is 1. The van der Waals surface area contributed by atoms with E-state index in [0.29, 0.717) is 23.4 Å². The zero-order valence-corrected chi connectivity index (χ0v) is 14.6. The number of amidine groups is 1. The number of aromatic nitrogens is 2. The molecule has 3 rings (SSSR count). The van der Waals surface area contributed by atoms with Gasteiger partial charge in [0.05, 0.1) is 0 Å². The summed E-state index contributed by atoms with van der Waals surface area (Å²) in [6, 6.07) is 11.0. The van der Waals surface area contributed by atoms with E-state index in [4.69, 9.17) is 5.41 Å². The van der Waals surface area contributed by atoms with Gasteiger partial charge in [-0.25, -0.2) is 4.79 Å². The average molecular weight is 342 g/mol. The third kappa shape index (κ3) is 4.30. The van der Waals surface area contributed by atoms with E-state index < -0.39 is 0 Å². The van der Waals surface area contributed by atoms with Crippen LogP contribution in [0.25, 0.3) is 0 Å². The van der Waals surface area contributed by atoms with Crippen LogP contribution in [0.5, 0.6) is 0 Å². The molecule has 25 heavy (non-hydrogen) atoms. The van der Waals surface area contributed by atoms with Crippen LogP contribution in [0.4, 0.5) is 5.82 Å². The molecule has 0 amide bonds. The van der Waals surface area contributed by atoms with E-state index in [1.165, 1.54) is 5.56 Å². The second-order valence-electron chi connectivity index (χ2n) is 6.38. The van der Waals surface area contributed by atoms with Crippen LogP contribution < -0.4 is 16.3 Å². The maximum Gasteiger partial charge on any atom is 0.325 e. The van der Waals surface area contributed by atoms with Crippen LogP contribution in [0.15, 0.2) is 35.1 Å². The maximum absolute atomic E-state index is 11.5. The molecule has 7 heteroatoms. The summed E-state index contributed by atoms with van der Waals surface area (Å²) >= 11 is 0. The van der Waals surface area contributed by atoms with Crippen LogP contribution in [0.1, 0.15) is 24.1 Å². The van der Waals surface area contributed by atoms with Gasteiger partial charge in [0.2, 0.25) is 0 Å². The standard InChI is InChI=1S/C18H26N6O/c1-20-17-15(22-18(25)23-17)16(19)24-11-8-14(9-12-24)21-10-7-13-5-3-2-4-6-13/h2-6,14,19-21H,7-12H2,1H3,(H2,22,23,25). The number of likely N-dealkylation sites (tertiary alicyclic amines) is 1. The van der Waals surface area contributed by atoms with E-state index >= 15 is 0 Å². The lowest BCUT2D eigenvalue weighted by Gasteiger charge is -2.34. The van der Waals surface area contributed by atoms with Gasteiger partial charge >= 0.3 is 5.69 Å². The highest BCUT2D eigenvalue weighted by Gasteiger charge is 2.23. The van der Waals surface area contributed by atoms with Crippen LogP contribution in [-0.4, -0.2) is 53.4 Å². The second-order valence-corrected chi connectivity index (χ2v) is 6.38. The Balaban J connectivity index is 1.46. The lowest BCUT2D eigenvalue weighted by Crippen LogP contribution is -2.45. The van der Waals surface area contributed by atoms with Crippen molar-refractivity contribution in [1.29, 1.82) is 5.41 Å². The molecule has 2 heterocycles. The Hall–Kier alpha value is -2.54. The predicted octanol–water partition coefficient (Wildman–Crippen LogP) is 1.37. The zero-order chi connectivity index (χ0) is 17.6. The highest BCUT2D eigenvalue weighted by Crippen LogP contribution is 2.16. The Morgan fingerprint density at radius 2 is 1.96 bits per heavy atom. The van der Waals surface area contributed by atoms with E-state index in [9.17, 15) is 4.79 Å². The Kier molecular flexibility index (Phi) is 5.55. The number of hydrogen-bond acceptors (Lipinski definition) is 4. The molecule has 0 aliphatic carbocycles. The molecule has 0 bridgehead atoms. The van der Waals surface area contributed by atoms with E-state index in [1.807, 2.05) is 11.0 Å². The SMILES string of the molecule is CNc1[nH]c(=O)[nH]c1C(=N)N1CCC(NCCc2ccccc2)CC1. The van der Waals surface area contributed by atoms with Crippen molar-refractivity contribution in [2.24, 2.45) is 0 Å². The lowest BCUT2D eigenvalue weighted by molar-refractivity contribution is 0.282. The first-order valence-electron chi connectivity index (χ1n) is 8.78. The maximum atomic E-state index is 11.5. The summed E-state index contributed by atoms with van der Waals surface area (Å²) < 4.78 is 0. The number of imidazole rings is 1. The van der Waals surface area contributed by atoms with Gasteiger partial charge in [-0.2, -0.15) is 0 Å². The molecule has 2 aromatic rings. The van der Waals surface area contributed by atoms with Crippen molar-refractivity contribution >= 4 is 11.7 Å². The lowest BCUT2D eigenvalue weighted by atomic mass is 10.0. The molecule has 0 spiro atoms. The van der Waals surface area contributed by atoms with Gasteiger partial charge in [0.15, 0.2) is 0 Å². The van der Waals surface area contributed by atoms with Crippen molar-refractivity contribution in [2.75, 3.05) is 32.0 Å². The fourth-order valence-corrected chi connectivity index (χ4v) is 3.28. The van der Waals surface area contributed by atoms with Crippen LogP contribution in [-0.2, 0) is 6.42 Å². The smallest absolute Gasteiger partial charge is 0.325 e. The Morgan fingerprint density at radius 1 is 1.24 bits per heavy atom. The summed E-state index contributed by atoms with van der Waals surface area (Å²) in [5.41, 5.74) is 1.59. The van der Waals surface area contributed by atoms with Crippen LogP contribution in [0.2, 0.25) is 0 Å². The number of benzene rings is 1. The molecule has 5 N–H and O–H groups in total. The molecule has 0 saturated carbocycles. The first-order valence-corrected chi connectivity index (χ1v) is 8.78. The largest absolute Gasteiger partial charge is 0.373 e. The summed E-state index contributed by atoms with van der Waals surface area (Å²) in [4.78, 5) is 18.9. The summed E-state index contributed by atoms with van der Waals surface area (Å²) in [5.74, 6) is 0.934.